The van der Waals surface area contributed by atoms with E-state index in [0.717, 1.165) is 5.56 Å². The average molecular weight is 219 g/mol. The molecule has 1 aromatic carbocycles. The number of carbonyl (C=O) groups is 1. The van der Waals surface area contributed by atoms with E-state index >= 15 is 0 Å². The molecule has 84 valence electrons. The number of benzene rings is 1. The van der Waals surface area contributed by atoms with Crippen LogP contribution in [0.1, 0.15) is 5.56 Å². The predicted octanol–water partition coefficient (Wildman–Crippen LogP) is 0.406. The van der Waals surface area contributed by atoms with E-state index in [1.807, 2.05) is 30.3 Å². The summed E-state index contributed by atoms with van der Waals surface area (Å²) in [5, 5.41) is 14.8. The number of carbonyl (C=O) groups excluding carboxylic acids is 1. The highest BCUT2D eigenvalue weighted by Gasteiger charge is 2.24. The molecule has 0 radical (unpaired) electrons. The zero-order valence-electron chi connectivity index (χ0n) is 8.76. The summed E-state index contributed by atoms with van der Waals surface area (Å²) < 4.78 is 0. The smallest absolute Gasteiger partial charge is 0.242 e. The SMILES string of the molecule is O=C1CNC/C(=N\O)N1Cc1ccccc1. The highest BCUT2D eigenvalue weighted by atomic mass is 16.4. The van der Waals surface area contributed by atoms with Gasteiger partial charge in [-0.1, -0.05) is 35.5 Å². The van der Waals surface area contributed by atoms with Gasteiger partial charge in [0, 0.05) is 0 Å². The van der Waals surface area contributed by atoms with Gasteiger partial charge >= 0.3 is 0 Å². The Morgan fingerprint density at radius 1 is 1.31 bits per heavy atom. The summed E-state index contributed by atoms with van der Waals surface area (Å²) in [6.07, 6.45) is 0. The third-order valence-corrected chi connectivity index (χ3v) is 2.47. The van der Waals surface area contributed by atoms with Crippen molar-refractivity contribution in [2.45, 2.75) is 6.54 Å². The minimum Gasteiger partial charge on any atom is -0.409 e. The molecule has 0 aromatic heterocycles. The lowest BCUT2D eigenvalue weighted by molar-refractivity contribution is -0.127. The van der Waals surface area contributed by atoms with Crippen molar-refractivity contribution in [1.82, 2.24) is 10.2 Å². The molecule has 1 fully saturated rings. The van der Waals surface area contributed by atoms with Crippen LogP contribution in [0.15, 0.2) is 35.5 Å². The number of oxime groups is 1. The third-order valence-electron chi connectivity index (χ3n) is 2.47. The normalized spacial score (nSPS) is 19.1. The van der Waals surface area contributed by atoms with Gasteiger partial charge in [0.15, 0.2) is 5.84 Å². The molecular formula is C11H13N3O2. The van der Waals surface area contributed by atoms with Gasteiger partial charge in [-0.2, -0.15) is 0 Å². The Balaban J connectivity index is 2.15. The number of nitrogens with one attached hydrogen (secondary N) is 1. The van der Waals surface area contributed by atoms with Gasteiger partial charge in [-0.3, -0.25) is 9.69 Å². The van der Waals surface area contributed by atoms with Gasteiger partial charge in [0.1, 0.15) is 0 Å². The maximum Gasteiger partial charge on any atom is 0.242 e. The predicted molar refractivity (Wildman–Crippen MR) is 59.1 cm³/mol. The van der Waals surface area contributed by atoms with Crippen LogP contribution in [0.4, 0.5) is 0 Å². The number of rotatable bonds is 2. The second-order valence-corrected chi connectivity index (χ2v) is 3.59. The first-order valence-electron chi connectivity index (χ1n) is 5.07. The molecule has 1 aliphatic heterocycles. The summed E-state index contributed by atoms with van der Waals surface area (Å²) in [5.74, 6) is 0.281. The summed E-state index contributed by atoms with van der Waals surface area (Å²) >= 11 is 0. The Bertz CT molecular complexity index is 403. The summed E-state index contributed by atoms with van der Waals surface area (Å²) in [6.45, 7) is 1.14. The van der Waals surface area contributed by atoms with Crippen molar-refractivity contribution in [3.05, 3.63) is 35.9 Å². The van der Waals surface area contributed by atoms with Crippen molar-refractivity contribution in [2.24, 2.45) is 5.16 Å². The van der Waals surface area contributed by atoms with Crippen molar-refractivity contribution in [2.75, 3.05) is 13.1 Å². The lowest BCUT2D eigenvalue weighted by Gasteiger charge is -2.27. The molecule has 0 atom stereocenters. The van der Waals surface area contributed by atoms with Crippen LogP contribution < -0.4 is 5.32 Å². The fourth-order valence-electron chi connectivity index (χ4n) is 1.65. The molecule has 1 aromatic rings. The zero-order valence-corrected chi connectivity index (χ0v) is 8.76. The van der Waals surface area contributed by atoms with Crippen molar-refractivity contribution >= 4 is 11.7 Å². The van der Waals surface area contributed by atoms with Crippen LogP contribution in [0.3, 0.4) is 0 Å². The fourth-order valence-corrected chi connectivity index (χ4v) is 1.65. The second kappa shape index (κ2) is 4.76. The maximum atomic E-state index is 11.6. The molecule has 1 amide bonds. The first kappa shape index (κ1) is 10.6. The quantitative estimate of drug-likeness (QED) is 0.559. The monoisotopic (exact) mass is 219 g/mol. The van der Waals surface area contributed by atoms with Crippen molar-refractivity contribution in [3.8, 4) is 0 Å². The Labute approximate surface area is 93.4 Å². The number of nitrogens with zero attached hydrogens (tertiary/aromatic N) is 2. The minimum absolute atomic E-state index is 0.0806. The number of amides is 1. The lowest BCUT2D eigenvalue weighted by Crippen LogP contribution is -2.51. The molecule has 5 nitrogen and oxygen atoms in total. The average Bonchev–Trinajstić information content (AvgIpc) is 2.33. The van der Waals surface area contributed by atoms with Gasteiger partial charge in [-0.15, -0.1) is 0 Å². The van der Waals surface area contributed by atoms with Crippen LogP contribution in [0.2, 0.25) is 0 Å². The van der Waals surface area contributed by atoms with E-state index in [2.05, 4.69) is 10.5 Å². The van der Waals surface area contributed by atoms with E-state index in [1.54, 1.807) is 0 Å². The van der Waals surface area contributed by atoms with Crippen LogP contribution in [0.25, 0.3) is 0 Å². The number of hydrogen-bond acceptors (Lipinski definition) is 4. The molecule has 16 heavy (non-hydrogen) atoms. The largest absolute Gasteiger partial charge is 0.409 e. The molecule has 0 spiro atoms. The second-order valence-electron chi connectivity index (χ2n) is 3.59. The molecule has 0 unspecified atom stereocenters. The Morgan fingerprint density at radius 3 is 2.75 bits per heavy atom. The molecule has 1 aliphatic rings. The molecule has 1 heterocycles. The van der Waals surface area contributed by atoms with Gasteiger partial charge in [-0.25, -0.2) is 0 Å². The van der Waals surface area contributed by atoms with Gasteiger partial charge in [0.2, 0.25) is 5.91 Å². The summed E-state index contributed by atoms with van der Waals surface area (Å²) in [7, 11) is 0. The lowest BCUT2D eigenvalue weighted by atomic mass is 10.2. The van der Waals surface area contributed by atoms with E-state index in [-0.39, 0.29) is 12.5 Å². The molecule has 2 N–H and O–H groups in total. The van der Waals surface area contributed by atoms with Crippen LogP contribution >= 0.6 is 0 Å². The van der Waals surface area contributed by atoms with Gasteiger partial charge in [0.05, 0.1) is 19.6 Å². The minimum atomic E-state index is -0.0806. The molecule has 0 aliphatic carbocycles. The van der Waals surface area contributed by atoms with Crippen molar-refractivity contribution in [1.29, 1.82) is 0 Å². The number of hydrogen-bond donors (Lipinski definition) is 2. The Kier molecular flexibility index (Phi) is 3.16. The van der Waals surface area contributed by atoms with Crippen molar-refractivity contribution in [3.63, 3.8) is 0 Å². The highest BCUT2D eigenvalue weighted by molar-refractivity contribution is 6.01. The zero-order chi connectivity index (χ0) is 11.4. The van der Waals surface area contributed by atoms with Gasteiger partial charge in [-0.05, 0) is 5.56 Å². The Morgan fingerprint density at radius 2 is 2.06 bits per heavy atom. The van der Waals surface area contributed by atoms with Crippen LogP contribution in [0.5, 0.6) is 0 Å². The van der Waals surface area contributed by atoms with Crippen molar-refractivity contribution < 1.29 is 10.0 Å². The summed E-state index contributed by atoms with van der Waals surface area (Å²) in [5.41, 5.74) is 1.01. The number of piperazine rings is 1. The topological polar surface area (TPSA) is 64.9 Å². The van der Waals surface area contributed by atoms with Gasteiger partial charge in [0.25, 0.3) is 0 Å². The first-order valence-corrected chi connectivity index (χ1v) is 5.07. The van der Waals surface area contributed by atoms with Gasteiger partial charge < -0.3 is 10.5 Å². The molecule has 2 rings (SSSR count). The molecule has 5 heteroatoms. The third kappa shape index (κ3) is 2.20. The van der Waals surface area contributed by atoms with E-state index in [0.29, 0.717) is 18.9 Å². The summed E-state index contributed by atoms with van der Waals surface area (Å²) in [6, 6.07) is 9.62. The van der Waals surface area contributed by atoms with Crippen LogP contribution in [0, 0.1) is 0 Å². The molecular weight excluding hydrogens is 206 g/mol. The molecule has 1 saturated heterocycles. The molecule has 0 saturated carbocycles. The standard InChI is InChI=1S/C11H13N3O2/c15-11-7-12-6-10(13-16)14(11)8-9-4-2-1-3-5-9/h1-5,12,16H,6-8H2/b13-10+. The number of amidine groups is 1. The van der Waals surface area contributed by atoms with E-state index in [9.17, 15) is 4.79 Å². The maximum absolute atomic E-state index is 11.6. The fraction of sp³-hybridized carbons (Fsp3) is 0.273. The van der Waals surface area contributed by atoms with Crippen LogP contribution in [-0.2, 0) is 11.3 Å². The molecule has 0 bridgehead atoms. The highest BCUT2D eigenvalue weighted by Crippen LogP contribution is 2.07. The van der Waals surface area contributed by atoms with E-state index in [4.69, 9.17) is 5.21 Å². The van der Waals surface area contributed by atoms with Crippen LogP contribution in [-0.4, -0.2) is 34.9 Å². The van der Waals surface area contributed by atoms with E-state index < -0.39 is 0 Å². The first-order chi connectivity index (χ1) is 7.81. The summed E-state index contributed by atoms with van der Waals surface area (Å²) in [4.78, 5) is 13.1. The Hall–Kier alpha value is -1.88. The van der Waals surface area contributed by atoms with E-state index in [1.165, 1.54) is 4.90 Å².